The summed E-state index contributed by atoms with van der Waals surface area (Å²) in [6.45, 7) is 6.17. The van der Waals surface area contributed by atoms with E-state index in [4.69, 9.17) is 4.74 Å². The number of nitrogens with zero attached hydrogens (tertiary/aromatic N) is 2. The fourth-order valence-electron chi connectivity index (χ4n) is 3.28. The van der Waals surface area contributed by atoms with Crippen LogP contribution in [0.1, 0.15) is 51.6 Å². The number of benzene rings is 1. The Balaban J connectivity index is 1.82. The predicted octanol–water partition coefficient (Wildman–Crippen LogP) is 3.25. The smallest absolute Gasteiger partial charge is 0.357 e. The molecular formula is C20H23N3O4S. The minimum atomic E-state index is -0.620. The number of methoxy groups -OCH3 is 1. The van der Waals surface area contributed by atoms with Crippen LogP contribution in [0.3, 0.4) is 0 Å². The molecule has 1 aliphatic rings. The van der Waals surface area contributed by atoms with Gasteiger partial charge in [-0.25, -0.2) is 9.78 Å². The molecule has 0 saturated carbocycles. The molecule has 1 aliphatic heterocycles. The first-order valence-electron chi connectivity index (χ1n) is 9.07. The second-order valence-electron chi connectivity index (χ2n) is 7.14. The molecule has 2 aromatic rings. The Hall–Kier alpha value is -2.74. The third-order valence-electron chi connectivity index (χ3n) is 4.63. The Kier molecular flexibility index (Phi) is 5.79. The summed E-state index contributed by atoms with van der Waals surface area (Å²) in [5.74, 6) is -0.768. The molecule has 148 valence electrons. The van der Waals surface area contributed by atoms with E-state index in [1.54, 1.807) is 17.9 Å². The van der Waals surface area contributed by atoms with Gasteiger partial charge in [-0.2, -0.15) is 0 Å². The Labute approximate surface area is 167 Å². The molecule has 0 saturated heterocycles. The van der Waals surface area contributed by atoms with Crippen LogP contribution in [-0.4, -0.2) is 40.8 Å². The maximum absolute atomic E-state index is 13.0. The van der Waals surface area contributed by atoms with Gasteiger partial charge >= 0.3 is 5.97 Å². The number of amides is 2. The number of carbonyl (C=O) groups excluding carboxylic acids is 3. The number of anilines is 1. The largest absolute Gasteiger partial charge is 0.464 e. The summed E-state index contributed by atoms with van der Waals surface area (Å²) in [6, 6.07) is 6.79. The van der Waals surface area contributed by atoms with Crippen LogP contribution in [-0.2, 0) is 16.1 Å². The first kappa shape index (κ1) is 20.0. The molecular weight excluding hydrogens is 378 g/mol. The second kappa shape index (κ2) is 8.10. The number of hydrogen-bond acceptors (Lipinski definition) is 6. The van der Waals surface area contributed by atoms with Gasteiger partial charge in [-0.3, -0.25) is 9.59 Å². The lowest BCUT2D eigenvalue weighted by molar-refractivity contribution is -0.121. The summed E-state index contributed by atoms with van der Waals surface area (Å²) < 4.78 is 4.71. The van der Waals surface area contributed by atoms with Crippen molar-refractivity contribution < 1.29 is 19.1 Å². The number of nitrogens with one attached hydrogen (secondary N) is 1. The average Bonchev–Trinajstić information content (AvgIpc) is 3.19. The van der Waals surface area contributed by atoms with Crippen LogP contribution in [0, 0.1) is 12.8 Å². The fourth-order valence-corrected chi connectivity index (χ4v) is 4.08. The number of esters is 1. The minimum Gasteiger partial charge on any atom is -0.464 e. The third-order valence-corrected chi connectivity index (χ3v) is 5.51. The van der Waals surface area contributed by atoms with E-state index in [1.165, 1.54) is 18.4 Å². The molecule has 0 bridgehead atoms. The lowest BCUT2D eigenvalue weighted by Crippen LogP contribution is -2.45. The molecule has 8 heteroatoms. The summed E-state index contributed by atoms with van der Waals surface area (Å²) in [5, 5.41) is 3.10. The van der Waals surface area contributed by atoms with E-state index in [-0.39, 0.29) is 23.4 Å². The summed E-state index contributed by atoms with van der Waals surface area (Å²) in [4.78, 5) is 44.1. The quantitative estimate of drug-likeness (QED) is 0.751. The molecule has 1 N–H and O–H groups in total. The molecule has 1 aromatic carbocycles. The van der Waals surface area contributed by atoms with Crippen molar-refractivity contribution in [2.75, 3.05) is 12.4 Å². The Morgan fingerprint density at radius 2 is 2.04 bits per heavy atom. The molecule has 0 radical (unpaired) electrons. The van der Waals surface area contributed by atoms with Crippen molar-refractivity contribution in [3.8, 4) is 0 Å². The number of rotatable bonds is 6. The maximum atomic E-state index is 13.0. The Morgan fingerprint density at radius 3 is 2.68 bits per heavy atom. The molecule has 0 aliphatic carbocycles. The van der Waals surface area contributed by atoms with Crippen LogP contribution >= 0.6 is 11.3 Å². The number of thiazole rings is 1. The first-order chi connectivity index (χ1) is 13.3. The molecule has 1 unspecified atom stereocenters. The molecule has 7 nitrogen and oxygen atoms in total. The molecule has 0 spiro atoms. The lowest BCUT2D eigenvalue weighted by Gasteiger charge is -2.27. The van der Waals surface area contributed by atoms with Crippen molar-refractivity contribution in [1.82, 2.24) is 9.88 Å². The van der Waals surface area contributed by atoms with E-state index in [9.17, 15) is 14.4 Å². The fraction of sp³-hybridized carbons (Fsp3) is 0.400. The third kappa shape index (κ3) is 3.91. The highest BCUT2D eigenvalue weighted by Gasteiger charge is 2.36. The van der Waals surface area contributed by atoms with Crippen LogP contribution in [0.5, 0.6) is 0 Å². The van der Waals surface area contributed by atoms with Crippen LogP contribution < -0.4 is 5.32 Å². The minimum absolute atomic E-state index is 0.137. The normalized spacial score (nSPS) is 14.2. The predicted molar refractivity (Wildman–Crippen MR) is 106 cm³/mol. The number of hydrogen-bond donors (Lipinski definition) is 1. The van der Waals surface area contributed by atoms with E-state index in [1.807, 2.05) is 32.0 Å². The molecule has 2 heterocycles. The zero-order valence-electron chi connectivity index (χ0n) is 16.3. The van der Waals surface area contributed by atoms with E-state index in [2.05, 4.69) is 10.3 Å². The monoisotopic (exact) mass is 401 g/mol. The number of fused-ring (bicyclic) bond motifs is 1. The zero-order chi connectivity index (χ0) is 20.4. The van der Waals surface area contributed by atoms with Gasteiger partial charge in [-0.1, -0.05) is 32.0 Å². The van der Waals surface area contributed by atoms with E-state index in [0.29, 0.717) is 28.5 Å². The van der Waals surface area contributed by atoms with Crippen LogP contribution in [0.15, 0.2) is 24.3 Å². The van der Waals surface area contributed by atoms with Gasteiger partial charge in [0.15, 0.2) is 10.8 Å². The lowest BCUT2D eigenvalue weighted by atomic mass is 10.0. The number of aryl methyl sites for hydroxylation is 1. The zero-order valence-corrected chi connectivity index (χ0v) is 17.1. The average molecular weight is 401 g/mol. The van der Waals surface area contributed by atoms with E-state index in [0.717, 1.165) is 5.56 Å². The van der Waals surface area contributed by atoms with Gasteiger partial charge in [0.2, 0.25) is 5.91 Å². The van der Waals surface area contributed by atoms with Gasteiger partial charge in [-0.15, -0.1) is 11.3 Å². The summed E-state index contributed by atoms with van der Waals surface area (Å²) in [5.41, 5.74) is 1.75. The van der Waals surface area contributed by atoms with Gasteiger partial charge in [0.25, 0.3) is 5.91 Å². The number of ether oxygens (including phenoxy) is 1. The van der Waals surface area contributed by atoms with E-state index < -0.39 is 12.0 Å². The standard InChI is InChI=1S/C20H23N3O4S/c1-11(2)9-15(23-10-13-7-5-6-8-14(13)18(23)25)17(24)22-20-21-16(12(3)28-20)19(26)27-4/h5-8,11,15H,9-10H2,1-4H3,(H,21,22,24). The maximum Gasteiger partial charge on any atom is 0.357 e. The molecule has 0 fully saturated rings. The molecule has 1 aromatic heterocycles. The van der Waals surface area contributed by atoms with Crippen LogP contribution in [0.25, 0.3) is 0 Å². The molecule has 1 atom stereocenters. The first-order valence-corrected chi connectivity index (χ1v) is 9.89. The van der Waals surface area contributed by atoms with Crippen molar-refractivity contribution in [3.05, 3.63) is 46.0 Å². The highest BCUT2D eigenvalue weighted by Crippen LogP contribution is 2.28. The Morgan fingerprint density at radius 1 is 1.32 bits per heavy atom. The van der Waals surface area contributed by atoms with Crippen molar-refractivity contribution in [1.29, 1.82) is 0 Å². The number of carbonyl (C=O) groups is 3. The summed E-state index contributed by atoms with van der Waals surface area (Å²) in [6.07, 6.45) is 0.528. The second-order valence-corrected chi connectivity index (χ2v) is 8.34. The number of aromatic nitrogens is 1. The highest BCUT2D eigenvalue weighted by atomic mass is 32.1. The molecule has 3 rings (SSSR count). The van der Waals surface area contributed by atoms with Crippen molar-refractivity contribution in [2.24, 2.45) is 5.92 Å². The topological polar surface area (TPSA) is 88.6 Å². The van der Waals surface area contributed by atoms with Crippen molar-refractivity contribution >= 4 is 34.3 Å². The van der Waals surface area contributed by atoms with Gasteiger partial charge in [0.1, 0.15) is 6.04 Å². The van der Waals surface area contributed by atoms with Gasteiger partial charge < -0.3 is 15.0 Å². The SMILES string of the molecule is COC(=O)c1nc(NC(=O)C(CC(C)C)N2Cc3ccccc3C2=O)sc1C. The molecule has 2 amide bonds. The van der Waals surface area contributed by atoms with Crippen molar-refractivity contribution in [2.45, 2.75) is 39.8 Å². The van der Waals surface area contributed by atoms with Gasteiger partial charge in [0, 0.05) is 17.0 Å². The van der Waals surface area contributed by atoms with Crippen molar-refractivity contribution in [3.63, 3.8) is 0 Å². The molecule has 28 heavy (non-hydrogen) atoms. The van der Waals surface area contributed by atoms with E-state index >= 15 is 0 Å². The summed E-state index contributed by atoms with van der Waals surface area (Å²) >= 11 is 1.21. The van der Waals surface area contributed by atoms with Gasteiger partial charge in [0.05, 0.1) is 7.11 Å². The summed E-state index contributed by atoms with van der Waals surface area (Å²) in [7, 11) is 1.29. The van der Waals surface area contributed by atoms with Crippen LogP contribution in [0.2, 0.25) is 0 Å². The Bertz CT molecular complexity index is 922. The van der Waals surface area contributed by atoms with Crippen LogP contribution in [0.4, 0.5) is 5.13 Å². The van der Waals surface area contributed by atoms with Gasteiger partial charge in [-0.05, 0) is 30.9 Å². The highest BCUT2D eigenvalue weighted by molar-refractivity contribution is 7.16.